The molecule has 2 rings (SSSR count). The van der Waals surface area contributed by atoms with Gasteiger partial charge in [0.05, 0.1) is 24.0 Å². The largest absolute Gasteiger partial charge is 0.382 e. The predicted molar refractivity (Wildman–Crippen MR) is 72.9 cm³/mol. The molecule has 20 heavy (non-hydrogen) atoms. The van der Waals surface area contributed by atoms with Crippen molar-refractivity contribution < 1.29 is 9.18 Å². The SMILES string of the molecule is CCNc1c(F)cccc1C(=O)NCCn1ccnn1. The van der Waals surface area contributed by atoms with Crippen LogP contribution in [0.3, 0.4) is 0 Å². The van der Waals surface area contributed by atoms with Crippen molar-refractivity contribution in [3.05, 3.63) is 42.0 Å². The van der Waals surface area contributed by atoms with Crippen molar-refractivity contribution >= 4 is 11.6 Å². The molecule has 0 saturated heterocycles. The summed E-state index contributed by atoms with van der Waals surface area (Å²) in [6, 6.07) is 4.43. The van der Waals surface area contributed by atoms with Crippen molar-refractivity contribution in [2.75, 3.05) is 18.4 Å². The molecule has 0 saturated carbocycles. The van der Waals surface area contributed by atoms with E-state index in [9.17, 15) is 9.18 Å². The number of carbonyl (C=O) groups is 1. The molecule has 0 unspecified atom stereocenters. The molecular formula is C13H16FN5O. The molecule has 6 nitrogen and oxygen atoms in total. The van der Waals surface area contributed by atoms with Crippen LogP contribution in [0.1, 0.15) is 17.3 Å². The monoisotopic (exact) mass is 277 g/mol. The summed E-state index contributed by atoms with van der Waals surface area (Å²) in [6.45, 7) is 3.29. The number of hydrogen-bond donors (Lipinski definition) is 2. The standard InChI is InChI=1S/C13H16FN5O/c1-2-15-12-10(4-3-5-11(12)14)13(20)16-6-8-19-9-7-17-18-19/h3-5,7,9,15H,2,6,8H2,1H3,(H,16,20). The fourth-order valence-electron chi connectivity index (χ4n) is 1.80. The van der Waals surface area contributed by atoms with Crippen molar-refractivity contribution in [3.63, 3.8) is 0 Å². The first-order valence-electron chi connectivity index (χ1n) is 6.37. The normalized spacial score (nSPS) is 10.3. The van der Waals surface area contributed by atoms with Crippen LogP contribution >= 0.6 is 0 Å². The van der Waals surface area contributed by atoms with E-state index in [2.05, 4.69) is 20.9 Å². The van der Waals surface area contributed by atoms with Gasteiger partial charge in [0, 0.05) is 19.3 Å². The quantitative estimate of drug-likeness (QED) is 0.834. The Labute approximate surface area is 116 Å². The van der Waals surface area contributed by atoms with Gasteiger partial charge in [-0.15, -0.1) is 5.10 Å². The number of aromatic nitrogens is 3. The highest BCUT2D eigenvalue weighted by Crippen LogP contribution is 2.19. The molecule has 1 amide bonds. The topological polar surface area (TPSA) is 71.8 Å². The predicted octanol–water partition coefficient (Wildman–Crippen LogP) is 1.28. The second-order valence-electron chi connectivity index (χ2n) is 4.11. The van der Waals surface area contributed by atoms with Gasteiger partial charge in [0.25, 0.3) is 5.91 Å². The van der Waals surface area contributed by atoms with Crippen LogP contribution in [0.25, 0.3) is 0 Å². The van der Waals surface area contributed by atoms with Crippen LogP contribution in [0, 0.1) is 5.82 Å². The fraction of sp³-hybridized carbons (Fsp3) is 0.308. The van der Waals surface area contributed by atoms with Crippen LogP contribution in [0.5, 0.6) is 0 Å². The highest BCUT2D eigenvalue weighted by molar-refractivity contribution is 5.99. The summed E-state index contributed by atoms with van der Waals surface area (Å²) in [4.78, 5) is 12.1. The van der Waals surface area contributed by atoms with Crippen LogP contribution in [0.4, 0.5) is 10.1 Å². The van der Waals surface area contributed by atoms with Gasteiger partial charge in [0.2, 0.25) is 0 Å². The van der Waals surface area contributed by atoms with Crippen molar-refractivity contribution in [2.24, 2.45) is 0 Å². The Kier molecular flexibility index (Phi) is 4.65. The van der Waals surface area contributed by atoms with Gasteiger partial charge in [0.1, 0.15) is 5.82 Å². The molecule has 2 aromatic rings. The minimum Gasteiger partial charge on any atom is -0.382 e. The van der Waals surface area contributed by atoms with Crippen molar-refractivity contribution in [3.8, 4) is 0 Å². The third-order valence-corrected chi connectivity index (χ3v) is 2.71. The third-order valence-electron chi connectivity index (χ3n) is 2.71. The molecule has 0 aliphatic rings. The van der Waals surface area contributed by atoms with Crippen LogP contribution in [-0.4, -0.2) is 34.0 Å². The Morgan fingerprint density at radius 3 is 3.00 bits per heavy atom. The van der Waals surface area contributed by atoms with Crippen molar-refractivity contribution in [1.29, 1.82) is 0 Å². The van der Waals surface area contributed by atoms with E-state index in [-0.39, 0.29) is 11.6 Å². The minimum absolute atomic E-state index is 0.230. The maximum Gasteiger partial charge on any atom is 0.253 e. The summed E-state index contributed by atoms with van der Waals surface area (Å²) in [7, 11) is 0. The molecule has 0 aliphatic heterocycles. The molecule has 0 radical (unpaired) electrons. The molecule has 1 heterocycles. The van der Waals surface area contributed by atoms with E-state index in [4.69, 9.17) is 0 Å². The highest BCUT2D eigenvalue weighted by Gasteiger charge is 2.14. The van der Waals surface area contributed by atoms with E-state index in [1.54, 1.807) is 23.1 Å². The van der Waals surface area contributed by atoms with Gasteiger partial charge in [-0.05, 0) is 19.1 Å². The van der Waals surface area contributed by atoms with Crippen LogP contribution in [0.2, 0.25) is 0 Å². The Morgan fingerprint density at radius 1 is 1.45 bits per heavy atom. The first-order valence-corrected chi connectivity index (χ1v) is 6.37. The van der Waals surface area contributed by atoms with Gasteiger partial charge < -0.3 is 10.6 Å². The summed E-state index contributed by atoms with van der Waals surface area (Å²) in [5.41, 5.74) is 0.527. The maximum atomic E-state index is 13.7. The number of nitrogens with one attached hydrogen (secondary N) is 2. The summed E-state index contributed by atoms with van der Waals surface area (Å²) in [5.74, 6) is -0.753. The molecule has 0 bridgehead atoms. The zero-order chi connectivity index (χ0) is 14.4. The number of nitrogens with zero attached hydrogens (tertiary/aromatic N) is 3. The molecule has 0 fully saturated rings. The van der Waals surface area contributed by atoms with Crippen molar-refractivity contribution in [1.82, 2.24) is 20.3 Å². The Balaban J connectivity index is 1.99. The number of para-hydroxylation sites is 1. The maximum absolute atomic E-state index is 13.7. The molecule has 1 aromatic heterocycles. The van der Waals surface area contributed by atoms with E-state index in [0.717, 1.165) is 0 Å². The lowest BCUT2D eigenvalue weighted by molar-refractivity contribution is 0.0952. The van der Waals surface area contributed by atoms with E-state index in [1.807, 2.05) is 6.92 Å². The van der Waals surface area contributed by atoms with Crippen LogP contribution < -0.4 is 10.6 Å². The fourth-order valence-corrected chi connectivity index (χ4v) is 1.80. The van der Waals surface area contributed by atoms with Gasteiger partial charge >= 0.3 is 0 Å². The molecule has 7 heteroatoms. The van der Waals surface area contributed by atoms with Gasteiger partial charge in [-0.25, -0.2) is 4.39 Å². The van der Waals surface area contributed by atoms with Crippen LogP contribution in [-0.2, 0) is 6.54 Å². The Hall–Kier alpha value is -2.44. The van der Waals surface area contributed by atoms with E-state index in [1.165, 1.54) is 12.1 Å². The Morgan fingerprint density at radius 2 is 2.30 bits per heavy atom. The number of hydrogen-bond acceptors (Lipinski definition) is 4. The Bertz CT molecular complexity index is 570. The lowest BCUT2D eigenvalue weighted by Gasteiger charge is -2.11. The lowest BCUT2D eigenvalue weighted by Crippen LogP contribution is -2.28. The number of amides is 1. The number of benzene rings is 1. The van der Waals surface area contributed by atoms with Gasteiger partial charge in [-0.3, -0.25) is 9.48 Å². The molecule has 0 atom stereocenters. The first-order chi connectivity index (χ1) is 9.72. The minimum atomic E-state index is -0.434. The van der Waals surface area contributed by atoms with E-state index < -0.39 is 5.82 Å². The summed E-state index contributed by atoms with van der Waals surface area (Å²) >= 11 is 0. The number of carbonyl (C=O) groups excluding carboxylic acids is 1. The first kappa shape index (κ1) is 14.0. The van der Waals surface area contributed by atoms with Crippen LogP contribution in [0.15, 0.2) is 30.6 Å². The molecule has 0 aliphatic carbocycles. The summed E-state index contributed by atoms with van der Waals surface area (Å²) < 4.78 is 15.3. The highest BCUT2D eigenvalue weighted by atomic mass is 19.1. The average molecular weight is 277 g/mol. The zero-order valence-corrected chi connectivity index (χ0v) is 11.1. The second-order valence-corrected chi connectivity index (χ2v) is 4.11. The molecule has 1 aromatic carbocycles. The van der Waals surface area contributed by atoms with E-state index >= 15 is 0 Å². The second kappa shape index (κ2) is 6.65. The number of halogens is 1. The number of anilines is 1. The molecule has 106 valence electrons. The van der Waals surface area contributed by atoms with E-state index in [0.29, 0.717) is 25.2 Å². The lowest BCUT2D eigenvalue weighted by atomic mass is 10.1. The smallest absolute Gasteiger partial charge is 0.253 e. The third kappa shape index (κ3) is 3.31. The molecule has 2 N–H and O–H groups in total. The van der Waals surface area contributed by atoms with Gasteiger partial charge in [-0.1, -0.05) is 11.3 Å². The molecule has 0 spiro atoms. The van der Waals surface area contributed by atoms with Crippen molar-refractivity contribution in [2.45, 2.75) is 13.5 Å². The molecular weight excluding hydrogens is 261 g/mol. The zero-order valence-electron chi connectivity index (χ0n) is 11.1. The summed E-state index contributed by atoms with van der Waals surface area (Å²) in [6.07, 6.45) is 3.27. The number of rotatable bonds is 6. The van der Waals surface area contributed by atoms with Gasteiger partial charge in [0.15, 0.2) is 0 Å². The van der Waals surface area contributed by atoms with Gasteiger partial charge in [-0.2, -0.15) is 0 Å². The average Bonchev–Trinajstić information content (AvgIpc) is 2.94. The summed E-state index contributed by atoms with van der Waals surface area (Å²) in [5, 5.41) is 13.1.